The van der Waals surface area contributed by atoms with Crippen molar-refractivity contribution in [1.29, 1.82) is 0 Å². The number of hydrogen-bond donors (Lipinski definition) is 2. The van der Waals surface area contributed by atoms with E-state index in [9.17, 15) is 8.42 Å². The van der Waals surface area contributed by atoms with E-state index in [1.165, 1.54) is 0 Å². The highest BCUT2D eigenvalue weighted by Gasteiger charge is 2.23. The Morgan fingerprint density at radius 3 is 2.33 bits per heavy atom. The first kappa shape index (κ1) is 13.4. The van der Waals surface area contributed by atoms with Crippen molar-refractivity contribution in [3.8, 4) is 0 Å². The van der Waals surface area contributed by atoms with Crippen LogP contribution in [0.1, 0.15) is 18.4 Å². The van der Waals surface area contributed by atoms with Gasteiger partial charge >= 0.3 is 0 Å². The second-order valence-electron chi connectivity index (χ2n) is 4.74. The summed E-state index contributed by atoms with van der Waals surface area (Å²) in [6.07, 6.45) is 2.03. The van der Waals surface area contributed by atoms with Gasteiger partial charge in [0, 0.05) is 18.3 Å². The zero-order valence-corrected chi connectivity index (χ0v) is 11.1. The lowest BCUT2D eigenvalue weighted by molar-refractivity contribution is 0.299. The molecule has 1 aromatic carbocycles. The highest BCUT2D eigenvalue weighted by atomic mass is 32.2. The minimum absolute atomic E-state index is 0.160. The van der Waals surface area contributed by atoms with Gasteiger partial charge in [0.2, 0.25) is 0 Å². The second-order valence-corrected chi connectivity index (χ2v) is 7.04. The first-order valence-electron chi connectivity index (χ1n) is 6.26. The van der Waals surface area contributed by atoms with E-state index < -0.39 is 9.84 Å². The maximum atomic E-state index is 11.3. The number of rotatable bonds is 4. The van der Waals surface area contributed by atoms with E-state index >= 15 is 0 Å². The first-order chi connectivity index (χ1) is 8.59. The molecule has 4 nitrogen and oxygen atoms in total. The number of sulfone groups is 1. The molecule has 1 saturated heterocycles. The summed E-state index contributed by atoms with van der Waals surface area (Å²) in [6.45, 7) is 0.160. The third kappa shape index (κ3) is 3.71. The van der Waals surface area contributed by atoms with Gasteiger partial charge in [0.15, 0.2) is 0 Å². The number of nitrogens with one attached hydrogen (secondary N) is 1. The predicted octanol–water partition coefficient (Wildman–Crippen LogP) is 1.21. The second kappa shape index (κ2) is 5.71. The molecule has 100 valence electrons. The molecule has 0 saturated carbocycles. The molecule has 18 heavy (non-hydrogen) atoms. The summed E-state index contributed by atoms with van der Waals surface area (Å²) in [4.78, 5) is 0. The van der Waals surface area contributed by atoms with E-state index in [0.717, 1.165) is 11.3 Å². The molecule has 0 atom stereocenters. The Labute approximate surface area is 108 Å². The normalized spacial score (nSPS) is 19.6. The molecule has 0 radical (unpaired) electrons. The number of benzene rings is 1. The van der Waals surface area contributed by atoms with Gasteiger partial charge in [-0.3, -0.25) is 0 Å². The van der Waals surface area contributed by atoms with E-state index in [0.29, 0.717) is 19.3 Å². The zero-order chi connectivity index (χ0) is 13.0. The van der Waals surface area contributed by atoms with Crippen LogP contribution in [0.4, 0.5) is 5.69 Å². The molecule has 0 amide bonds. The van der Waals surface area contributed by atoms with E-state index in [2.05, 4.69) is 5.32 Å². The lowest BCUT2D eigenvalue weighted by Gasteiger charge is -2.24. The van der Waals surface area contributed by atoms with Crippen LogP contribution in [0.2, 0.25) is 0 Å². The van der Waals surface area contributed by atoms with Crippen molar-refractivity contribution in [2.24, 2.45) is 0 Å². The molecule has 2 N–H and O–H groups in total. The van der Waals surface area contributed by atoms with Gasteiger partial charge in [0.1, 0.15) is 9.84 Å². The Bertz CT molecular complexity index is 467. The van der Waals surface area contributed by atoms with Gasteiger partial charge in [-0.05, 0) is 37.0 Å². The number of aliphatic hydroxyl groups excluding tert-OH is 1. The van der Waals surface area contributed by atoms with Crippen LogP contribution >= 0.6 is 0 Å². The van der Waals surface area contributed by atoms with Crippen LogP contribution in [-0.4, -0.2) is 37.7 Å². The van der Waals surface area contributed by atoms with Crippen molar-refractivity contribution in [3.05, 3.63) is 29.8 Å². The van der Waals surface area contributed by atoms with Crippen LogP contribution in [0.3, 0.4) is 0 Å². The van der Waals surface area contributed by atoms with Crippen LogP contribution in [0.15, 0.2) is 24.3 Å². The third-order valence-corrected chi connectivity index (χ3v) is 5.00. The van der Waals surface area contributed by atoms with E-state index in [-0.39, 0.29) is 24.2 Å². The SMILES string of the molecule is O=S1(=O)CCC(Nc2ccc(CCO)cc2)CC1. The minimum Gasteiger partial charge on any atom is -0.396 e. The fraction of sp³-hybridized carbons (Fsp3) is 0.538. The zero-order valence-electron chi connectivity index (χ0n) is 10.3. The highest BCUT2D eigenvalue weighted by Crippen LogP contribution is 2.18. The Morgan fingerprint density at radius 2 is 1.78 bits per heavy atom. The molecule has 1 aliphatic rings. The Hall–Kier alpha value is -1.07. The fourth-order valence-corrected chi connectivity index (χ4v) is 3.66. The van der Waals surface area contributed by atoms with Crippen LogP contribution in [0, 0.1) is 0 Å². The van der Waals surface area contributed by atoms with Crippen LogP contribution in [-0.2, 0) is 16.3 Å². The molecular formula is C13H19NO3S. The lowest BCUT2D eigenvalue weighted by Crippen LogP contribution is -2.32. The minimum atomic E-state index is -2.79. The van der Waals surface area contributed by atoms with Crippen molar-refractivity contribution in [2.45, 2.75) is 25.3 Å². The van der Waals surface area contributed by atoms with Crippen molar-refractivity contribution in [1.82, 2.24) is 0 Å². The van der Waals surface area contributed by atoms with Gasteiger partial charge in [-0.1, -0.05) is 12.1 Å². The molecule has 1 aliphatic heterocycles. The van der Waals surface area contributed by atoms with Crippen molar-refractivity contribution in [2.75, 3.05) is 23.4 Å². The fourth-order valence-electron chi connectivity index (χ4n) is 2.17. The molecule has 1 heterocycles. The number of aliphatic hydroxyl groups is 1. The summed E-state index contributed by atoms with van der Waals surface area (Å²) >= 11 is 0. The number of hydrogen-bond acceptors (Lipinski definition) is 4. The topological polar surface area (TPSA) is 66.4 Å². The Kier molecular flexibility index (Phi) is 4.24. The summed E-state index contributed by atoms with van der Waals surface area (Å²) < 4.78 is 22.6. The molecule has 0 bridgehead atoms. The smallest absolute Gasteiger partial charge is 0.150 e. The molecule has 0 aliphatic carbocycles. The van der Waals surface area contributed by atoms with Crippen molar-refractivity contribution >= 4 is 15.5 Å². The Morgan fingerprint density at radius 1 is 1.17 bits per heavy atom. The monoisotopic (exact) mass is 269 g/mol. The van der Waals surface area contributed by atoms with Gasteiger partial charge in [-0.15, -0.1) is 0 Å². The van der Waals surface area contributed by atoms with Gasteiger partial charge in [0.25, 0.3) is 0 Å². The largest absolute Gasteiger partial charge is 0.396 e. The number of anilines is 1. The molecular weight excluding hydrogens is 250 g/mol. The van der Waals surface area contributed by atoms with Gasteiger partial charge in [-0.25, -0.2) is 8.42 Å². The predicted molar refractivity (Wildman–Crippen MR) is 72.5 cm³/mol. The summed E-state index contributed by atoms with van der Waals surface area (Å²) in [5.41, 5.74) is 2.12. The van der Waals surface area contributed by atoms with Gasteiger partial charge in [-0.2, -0.15) is 0 Å². The van der Waals surface area contributed by atoms with Crippen LogP contribution in [0.25, 0.3) is 0 Å². The van der Waals surface area contributed by atoms with Crippen molar-refractivity contribution < 1.29 is 13.5 Å². The molecule has 0 aromatic heterocycles. The molecule has 1 aromatic rings. The maximum Gasteiger partial charge on any atom is 0.150 e. The van der Waals surface area contributed by atoms with Crippen LogP contribution in [0.5, 0.6) is 0 Å². The molecule has 0 unspecified atom stereocenters. The summed E-state index contributed by atoms with van der Waals surface area (Å²) in [5, 5.41) is 12.2. The Balaban J connectivity index is 1.90. The summed E-state index contributed by atoms with van der Waals surface area (Å²) in [7, 11) is -2.79. The summed E-state index contributed by atoms with van der Waals surface area (Å²) in [6, 6.07) is 8.18. The van der Waals surface area contributed by atoms with Crippen molar-refractivity contribution in [3.63, 3.8) is 0 Å². The van der Waals surface area contributed by atoms with Crippen LogP contribution < -0.4 is 5.32 Å². The molecule has 5 heteroatoms. The van der Waals surface area contributed by atoms with Gasteiger partial charge < -0.3 is 10.4 Å². The van der Waals surface area contributed by atoms with E-state index in [1.807, 2.05) is 24.3 Å². The standard InChI is InChI=1S/C13H19NO3S/c15-8-5-11-1-3-12(4-2-11)14-13-6-9-18(16,17)10-7-13/h1-4,13-15H,5-10H2. The van der Waals surface area contributed by atoms with E-state index in [4.69, 9.17) is 5.11 Å². The molecule has 2 rings (SSSR count). The lowest BCUT2D eigenvalue weighted by atomic mass is 10.1. The highest BCUT2D eigenvalue weighted by molar-refractivity contribution is 7.91. The van der Waals surface area contributed by atoms with Gasteiger partial charge in [0.05, 0.1) is 11.5 Å². The third-order valence-electron chi connectivity index (χ3n) is 3.28. The quantitative estimate of drug-likeness (QED) is 0.862. The van der Waals surface area contributed by atoms with E-state index in [1.54, 1.807) is 0 Å². The first-order valence-corrected chi connectivity index (χ1v) is 8.08. The average Bonchev–Trinajstić information content (AvgIpc) is 2.35. The molecule has 0 spiro atoms. The average molecular weight is 269 g/mol. The maximum absolute atomic E-state index is 11.3. The molecule has 1 fully saturated rings. The summed E-state index contributed by atoms with van der Waals surface area (Å²) in [5.74, 6) is 0.570.